The maximum Gasteiger partial charge on any atom is 0.240 e. The highest BCUT2D eigenvalue weighted by atomic mass is 32.2. The lowest BCUT2D eigenvalue weighted by Gasteiger charge is -2.17. The minimum Gasteiger partial charge on any atom is -0.495 e. The molecule has 1 aromatic carbocycles. The molecule has 128 valence electrons. The Labute approximate surface area is 137 Å². The Bertz CT molecular complexity index is 650. The molecule has 1 amide bonds. The van der Waals surface area contributed by atoms with Gasteiger partial charge in [0.2, 0.25) is 15.9 Å². The first-order valence-electron chi connectivity index (χ1n) is 7.90. The van der Waals surface area contributed by atoms with Gasteiger partial charge in [0.1, 0.15) is 5.75 Å². The van der Waals surface area contributed by atoms with Crippen molar-refractivity contribution in [2.75, 3.05) is 12.4 Å². The lowest BCUT2D eigenvalue weighted by atomic mass is 10.1. The van der Waals surface area contributed by atoms with Crippen LogP contribution in [-0.2, 0) is 14.8 Å². The molecule has 0 saturated heterocycles. The molecule has 1 fully saturated rings. The van der Waals surface area contributed by atoms with Crippen molar-refractivity contribution in [1.29, 1.82) is 0 Å². The molecule has 1 aliphatic rings. The molecule has 0 bridgehead atoms. The number of methoxy groups -OCH3 is 1. The van der Waals surface area contributed by atoms with Crippen LogP contribution in [0, 0.1) is 0 Å². The second kappa shape index (κ2) is 7.79. The van der Waals surface area contributed by atoms with Crippen LogP contribution in [0.3, 0.4) is 0 Å². The van der Waals surface area contributed by atoms with E-state index in [2.05, 4.69) is 10.0 Å². The first-order valence-corrected chi connectivity index (χ1v) is 9.38. The van der Waals surface area contributed by atoms with E-state index in [1.54, 1.807) is 6.07 Å². The molecule has 0 spiro atoms. The summed E-state index contributed by atoms with van der Waals surface area (Å²) in [6, 6.07) is 4.45. The van der Waals surface area contributed by atoms with Crippen molar-refractivity contribution in [3.8, 4) is 5.75 Å². The van der Waals surface area contributed by atoms with Crippen molar-refractivity contribution in [3.63, 3.8) is 0 Å². The van der Waals surface area contributed by atoms with Gasteiger partial charge in [-0.3, -0.25) is 4.79 Å². The quantitative estimate of drug-likeness (QED) is 0.807. The van der Waals surface area contributed by atoms with Gasteiger partial charge >= 0.3 is 0 Å². The molecule has 0 atom stereocenters. The molecular weight excluding hydrogens is 316 g/mol. The summed E-state index contributed by atoms with van der Waals surface area (Å²) in [6.45, 7) is 1.37. The van der Waals surface area contributed by atoms with Crippen LogP contribution >= 0.6 is 0 Å². The first kappa shape index (κ1) is 17.7. The van der Waals surface area contributed by atoms with Gasteiger partial charge in [-0.25, -0.2) is 13.1 Å². The molecule has 6 nitrogen and oxygen atoms in total. The average molecular weight is 340 g/mol. The Hall–Kier alpha value is -1.60. The van der Waals surface area contributed by atoms with Crippen molar-refractivity contribution < 1.29 is 17.9 Å². The van der Waals surface area contributed by atoms with E-state index >= 15 is 0 Å². The average Bonchev–Trinajstić information content (AvgIpc) is 2.74. The normalized spacial score (nSPS) is 16.6. The van der Waals surface area contributed by atoms with E-state index in [1.807, 2.05) is 0 Å². The zero-order valence-electron chi connectivity index (χ0n) is 13.6. The molecule has 0 radical (unpaired) electrons. The zero-order valence-corrected chi connectivity index (χ0v) is 14.4. The number of hydrogen-bond acceptors (Lipinski definition) is 4. The Kier molecular flexibility index (Phi) is 6.01. The fourth-order valence-electron chi connectivity index (χ4n) is 2.83. The molecule has 0 aliphatic heterocycles. The number of amides is 1. The monoisotopic (exact) mass is 340 g/mol. The molecule has 2 N–H and O–H groups in total. The molecule has 0 heterocycles. The highest BCUT2D eigenvalue weighted by Gasteiger charge is 2.22. The third-order valence-corrected chi connectivity index (χ3v) is 5.49. The summed E-state index contributed by atoms with van der Waals surface area (Å²) in [7, 11) is -2.15. The fourth-order valence-corrected chi connectivity index (χ4v) is 4.16. The number of carbonyl (C=O) groups excluding carboxylic acids is 1. The standard InChI is InChI=1S/C16H24N2O4S/c1-12(19)17-15-11-14(9-10-16(15)22-2)23(20,21)18-13-7-5-3-4-6-8-13/h9-11,13,18H,3-8H2,1-2H3,(H,17,19). The second-order valence-corrected chi connectivity index (χ2v) is 7.57. The summed E-state index contributed by atoms with van der Waals surface area (Å²) in [5.74, 6) is 0.142. The van der Waals surface area contributed by atoms with Gasteiger partial charge < -0.3 is 10.1 Å². The lowest BCUT2D eigenvalue weighted by Crippen LogP contribution is -2.34. The van der Waals surface area contributed by atoms with Crippen molar-refractivity contribution in [2.24, 2.45) is 0 Å². The third kappa shape index (κ3) is 4.94. The number of hydrogen-bond donors (Lipinski definition) is 2. The van der Waals surface area contributed by atoms with Crippen molar-refractivity contribution in [3.05, 3.63) is 18.2 Å². The van der Waals surface area contributed by atoms with Crippen LogP contribution in [0.5, 0.6) is 5.75 Å². The van der Waals surface area contributed by atoms with Crippen LogP contribution in [0.1, 0.15) is 45.4 Å². The van der Waals surface area contributed by atoms with Gasteiger partial charge in [-0.2, -0.15) is 0 Å². The summed E-state index contributed by atoms with van der Waals surface area (Å²) < 4.78 is 33.1. The van der Waals surface area contributed by atoms with Crippen molar-refractivity contribution in [2.45, 2.75) is 56.4 Å². The lowest BCUT2D eigenvalue weighted by molar-refractivity contribution is -0.114. The molecule has 0 aromatic heterocycles. The zero-order chi connectivity index (χ0) is 16.9. The van der Waals surface area contributed by atoms with Crippen LogP contribution < -0.4 is 14.8 Å². The summed E-state index contributed by atoms with van der Waals surface area (Å²) in [6.07, 6.45) is 6.16. The third-order valence-electron chi connectivity index (χ3n) is 3.97. The summed E-state index contributed by atoms with van der Waals surface area (Å²) in [5.41, 5.74) is 0.351. The van der Waals surface area contributed by atoms with E-state index in [4.69, 9.17) is 4.74 Å². The van der Waals surface area contributed by atoms with Gasteiger partial charge in [-0.1, -0.05) is 25.7 Å². The maximum absolute atomic E-state index is 12.6. The predicted octanol–water partition coefficient (Wildman–Crippen LogP) is 2.65. The Morgan fingerprint density at radius 2 is 1.83 bits per heavy atom. The molecule has 1 saturated carbocycles. The Balaban J connectivity index is 2.22. The van der Waals surface area contributed by atoms with E-state index in [-0.39, 0.29) is 16.8 Å². The van der Waals surface area contributed by atoms with Crippen molar-refractivity contribution in [1.82, 2.24) is 4.72 Å². The van der Waals surface area contributed by atoms with Gasteiger partial charge in [0.25, 0.3) is 0 Å². The molecule has 0 unspecified atom stereocenters. The smallest absolute Gasteiger partial charge is 0.240 e. The number of rotatable bonds is 5. The highest BCUT2D eigenvalue weighted by molar-refractivity contribution is 7.89. The van der Waals surface area contributed by atoms with Crippen LogP contribution in [0.25, 0.3) is 0 Å². The fraction of sp³-hybridized carbons (Fsp3) is 0.562. The van der Waals surface area contributed by atoms with Gasteiger partial charge in [0.15, 0.2) is 0 Å². The number of nitrogens with one attached hydrogen (secondary N) is 2. The minimum absolute atomic E-state index is 0.0196. The maximum atomic E-state index is 12.6. The summed E-state index contributed by atoms with van der Waals surface area (Å²) in [4.78, 5) is 11.4. The molecular formula is C16H24N2O4S. The van der Waals surface area contributed by atoms with Gasteiger partial charge in [-0.05, 0) is 31.0 Å². The number of carbonyl (C=O) groups is 1. The van der Waals surface area contributed by atoms with E-state index in [0.29, 0.717) is 11.4 Å². The number of ether oxygens (including phenoxy) is 1. The largest absolute Gasteiger partial charge is 0.495 e. The van der Waals surface area contributed by atoms with Crippen LogP contribution in [-0.4, -0.2) is 27.5 Å². The van der Waals surface area contributed by atoms with E-state index in [1.165, 1.54) is 26.2 Å². The van der Waals surface area contributed by atoms with Crippen LogP contribution in [0.4, 0.5) is 5.69 Å². The predicted molar refractivity (Wildman–Crippen MR) is 89.1 cm³/mol. The van der Waals surface area contributed by atoms with Crippen LogP contribution in [0.15, 0.2) is 23.1 Å². The number of sulfonamides is 1. The molecule has 7 heteroatoms. The summed E-state index contributed by atoms with van der Waals surface area (Å²) in [5, 5.41) is 2.59. The van der Waals surface area contributed by atoms with Crippen molar-refractivity contribution >= 4 is 21.6 Å². The second-order valence-electron chi connectivity index (χ2n) is 5.85. The van der Waals surface area contributed by atoms with Gasteiger partial charge in [-0.15, -0.1) is 0 Å². The van der Waals surface area contributed by atoms with Gasteiger partial charge in [0, 0.05) is 13.0 Å². The molecule has 1 aliphatic carbocycles. The minimum atomic E-state index is -3.62. The number of anilines is 1. The van der Waals surface area contributed by atoms with Gasteiger partial charge in [0.05, 0.1) is 17.7 Å². The molecule has 1 aromatic rings. The first-order chi connectivity index (χ1) is 10.9. The van der Waals surface area contributed by atoms with E-state index in [9.17, 15) is 13.2 Å². The van der Waals surface area contributed by atoms with Crippen LogP contribution in [0.2, 0.25) is 0 Å². The SMILES string of the molecule is COc1ccc(S(=O)(=O)NC2CCCCCC2)cc1NC(C)=O. The van der Waals surface area contributed by atoms with E-state index in [0.717, 1.165) is 38.5 Å². The molecule has 2 rings (SSSR count). The Morgan fingerprint density at radius 3 is 2.39 bits per heavy atom. The van der Waals surface area contributed by atoms with E-state index < -0.39 is 10.0 Å². The topological polar surface area (TPSA) is 84.5 Å². The highest BCUT2D eigenvalue weighted by Crippen LogP contribution is 2.28. The Morgan fingerprint density at radius 1 is 1.17 bits per heavy atom. The molecule has 23 heavy (non-hydrogen) atoms. The number of benzene rings is 1. The summed E-state index contributed by atoms with van der Waals surface area (Å²) >= 11 is 0.